The van der Waals surface area contributed by atoms with Gasteiger partial charge in [0, 0.05) is 12.6 Å². The van der Waals surface area contributed by atoms with E-state index in [2.05, 4.69) is 11.1 Å². The Morgan fingerprint density at radius 3 is 2.80 bits per heavy atom. The summed E-state index contributed by atoms with van der Waals surface area (Å²) in [6.45, 7) is 0. The highest BCUT2D eigenvalue weighted by molar-refractivity contribution is 6.30. The summed E-state index contributed by atoms with van der Waals surface area (Å²) in [6, 6.07) is 12.0. The summed E-state index contributed by atoms with van der Waals surface area (Å²) in [5.74, 6) is 0.106. The molecule has 3 nitrogen and oxygen atoms in total. The zero-order valence-corrected chi connectivity index (χ0v) is 11.3. The quantitative estimate of drug-likeness (QED) is 0.680. The molecule has 0 radical (unpaired) electrons. The largest absolute Gasteiger partial charge is 0.327 e. The SMILES string of the molecule is Cn1c(-c2ccc(Cl)c(F)c2)nc2c(C#N)cccc21. The summed E-state index contributed by atoms with van der Waals surface area (Å²) in [6.07, 6.45) is 0. The Morgan fingerprint density at radius 2 is 2.10 bits per heavy atom. The summed E-state index contributed by atoms with van der Waals surface area (Å²) >= 11 is 5.69. The molecule has 0 spiro atoms. The minimum Gasteiger partial charge on any atom is -0.327 e. The maximum Gasteiger partial charge on any atom is 0.142 e. The van der Waals surface area contributed by atoms with Gasteiger partial charge in [0.25, 0.3) is 0 Å². The number of benzene rings is 2. The number of aromatic nitrogens is 2. The van der Waals surface area contributed by atoms with Gasteiger partial charge < -0.3 is 4.57 Å². The van der Waals surface area contributed by atoms with Crippen LogP contribution in [0.25, 0.3) is 22.4 Å². The molecule has 0 aliphatic rings. The van der Waals surface area contributed by atoms with Gasteiger partial charge in [-0.15, -0.1) is 0 Å². The summed E-state index contributed by atoms with van der Waals surface area (Å²) in [5.41, 5.74) is 2.56. The van der Waals surface area contributed by atoms with Crippen molar-refractivity contribution >= 4 is 22.6 Å². The number of para-hydroxylation sites is 1. The lowest BCUT2D eigenvalue weighted by Crippen LogP contribution is -1.93. The van der Waals surface area contributed by atoms with Crippen molar-refractivity contribution in [1.82, 2.24) is 9.55 Å². The highest BCUT2D eigenvalue weighted by Crippen LogP contribution is 2.27. The normalized spacial score (nSPS) is 10.7. The topological polar surface area (TPSA) is 41.6 Å². The van der Waals surface area contributed by atoms with Crippen LogP contribution in [0.15, 0.2) is 36.4 Å². The summed E-state index contributed by atoms with van der Waals surface area (Å²) in [7, 11) is 1.83. The van der Waals surface area contributed by atoms with Crippen molar-refractivity contribution in [3.63, 3.8) is 0 Å². The third-order valence-electron chi connectivity index (χ3n) is 3.21. The number of rotatable bonds is 1. The van der Waals surface area contributed by atoms with Gasteiger partial charge in [0.15, 0.2) is 0 Å². The first-order chi connectivity index (χ1) is 9.61. The van der Waals surface area contributed by atoms with Crippen LogP contribution in [0.3, 0.4) is 0 Å². The third kappa shape index (κ3) is 1.84. The Morgan fingerprint density at radius 1 is 1.30 bits per heavy atom. The molecule has 3 rings (SSSR count). The molecule has 0 aliphatic heterocycles. The Labute approximate surface area is 119 Å². The zero-order valence-electron chi connectivity index (χ0n) is 10.6. The van der Waals surface area contributed by atoms with Crippen molar-refractivity contribution in [2.24, 2.45) is 7.05 Å². The van der Waals surface area contributed by atoms with E-state index in [9.17, 15) is 4.39 Å². The fourth-order valence-electron chi connectivity index (χ4n) is 2.20. The molecule has 1 heterocycles. The summed E-state index contributed by atoms with van der Waals surface area (Å²) in [5, 5.41) is 9.18. The van der Waals surface area contributed by atoms with Crippen LogP contribution in [0, 0.1) is 17.1 Å². The lowest BCUT2D eigenvalue weighted by molar-refractivity contribution is 0.628. The van der Waals surface area contributed by atoms with E-state index in [-0.39, 0.29) is 5.02 Å². The molecule has 0 fully saturated rings. The predicted molar refractivity (Wildman–Crippen MR) is 75.8 cm³/mol. The fraction of sp³-hybridized carbons (Fsp3) is 0.0667. The van der Waals surface area contributed by atoms with E-state index < -0.39 is 5.82 Å². The molecule has 0 bridgehead atoms. The van der Waals surface area contributed by atoms with Crippen molar-refractivity contribution in [2.45, 2.75) is 0 Å². The lowest BCUT2D eigenvalue weighted by Gasteiger charge is -2.03. The lowest BCUT2D eigenvalue weighted by atomic mass is 10.2. The first-order valence-corrected chi connectivity index (χ1v) is 6.30. The third-order valence-corrected chi connectivity index (χ3v) is 3.52. The summed E-state index contributed by atoms with van der Waals surface area (Å²) in [4.78, 5) is 4.45. The van der Waals surface area contributed by atoms with Gasteiger partial charge in [-0.1, -0.05) is 17.7 Å². The Bertz CT molecular complexity index is 861. The number of hydrogen-bond donors (Lipinski definition) is 0. The van der Waals surface area contributed by atoms with E-state index in [1.54, 1.807) is 18.2 Å². The van der Waals surface area contributed by atoms with Gasteiger partial charge in [-0.2, -0.15) is 5.26 Å². The van der Waals surface area contributed by atoms with E-state index >= 15 is 0 Å². The molecule has 20 heavy (non-hydrogen) atoms. The van der Waals surface area contributed by atoms with E-state index in [1.807, 2.05) is 17.7 Å². The number of nitriles is 1. The molecule has 0 saturated heterocycles. The van der Waals surface area contributed by atoms with Gasteiger partial charge in [-0.25, -0.2) is 9.37 Å². The molecule has 5 heteroatoms. The van der Waals surface area contributed by atoms with Gasteiger partial charge in [0.2, 0.25) is 0 Å². The van der Waals surface area contributed by atoms with Crippen molar-refractivity contribution in [3.8, 4) is 17.5 Å². The van der Waals surface area contributed by atoms with Crippen molar-refractivity contribution in [3.05, 3.63) is 52.8 Å². The second kappa shape index (κ2) is 4.62. The monoisotopic (exact) mass is 285 g/mol. The maximum atomic E-state index is 13.6. The molecule has 0 N–H and O–H groups in total. The number of imidazole rings is 1. The average Bonchev–Trinajstić information content (AvgIpc) is 2.79. The van der Waals surface area contributed by atoms with Crippen LogP contribution in [-0.2, 0) is 7.05 Å². The highest BCUT2D eigenvalue weighted by Gasteiger charge is 2.13. The molecule has 0 unspecified atom stereocenters. The van der Waals surface area contributed by atoms with Crippen molar-refractivity contribution in [1.29, 1.82) is 5.26 Å². The predicted octanol–water partition coefficient (Wildman–Crippen LogP) is 3.90. The van der Waals surface area contributed by atoms with Gasteiger partial charge >= 0.3 is 0 Å². The minimum absolute atomic E-state index is 0.0743. The number of fused-ring (bicyclic) bond motifs is 1. The van der Waals surface area contributed by atoms with Crippen LogP contribution >= 0.6 is 11.6 Å². The Balaban J connectivity index is 2.29. The van der Waals surface area contributed by atoms with Crippen LogP contribution in [0.5, 0.6) is 0 Å². The molecular weight excluding hydrogens is 277 g/mol. The van der Waals surface area contributed by atoms with Crippen molar-refractivity contribution < 1.29 is 4.39 Å². The number of halogens is 2. The first-order valence-electron chi connectivity index (χ1n) is 5.93. The van der Waals surface area contributed by atoms with E-state index in [1.165, 1.54) is 12.1 Å². The molecule has 0 saturated carbocycles. The number of nitrogens with zero attached hydrogens (tertiary/aromatic N) is 3. The first kappa shape index (κ1) is 12.6. The molecule has 1 aromatic heterocycles. The number of hydrogen-bond acceptors (Lipinski definition) is 2. The van der Waals surface area contributed by atoms with Crippen LogP contribution in [0.1, 0.15) is 5.56 Å². The molecular formula is C15H9ClFN3. The smallest absolute Gasteiger partial charge is 0.142 e. The Hall–Kier alpha value is -2.38. The zero-order chi connectivity index (χ0) is 14.3. The highest BCUT2D eigenvalue weighted by atomic mass is 35.5. The van der Waals surface area contributed by atoms with Gasteiger partial charge in [-0.05, 0) is 30.3 Å². The van der Waals surface area contributed by atoms with Crippen LogP contribution < -0.4 is 0 Å². The molecule has 98 valence electrons. The van der Waals surface area contributed by atoms with E-state index in [0.29, 0.717) is 22.5 Å². The molecule has 0 amide bonds. The molecule has 0 atom stereocenters. The van der Waals surface area contributed by atoms with Gasteiger partial charge in [-0.3, -0.25) is 0 Å². The van der Waals surface area contributed by atoms with Gasteiger partial charge in [0.1, 0.15) is 23.2 Å². The average molecular weight is 286 g/mol. The second-order valence-corrected chi connectivity index (χ2v) is 4.82. The van der Waals surface area contributed by atoms with Crippen molar-refractivity contribution in [2.75, 3.05) is 0 Å². The molecule has 0 aliphatic carbocycles. The Kier molecular flexibility index (Phi) is 2.92. The second-order valence-electron chi connectivity index (χ2n) is 4.41. The van der Waals surface area contributed by atoms with Gasteiger partial charge in [0.05, 0.1) is 16.1 Å². The van der Waals surface area contributed by atoms with Crippen LogP contribution in [-0.4, -0.2) is 9.55 Å². The maximum absolute atomic E-state index is 13.6. The molecule has 3 aromatic rings. The van der Waals surface area contributed by atoms with Crippen LogP contribution in [0.4, 0.5) is 4.39 Å². The minimum atomic E-state index is -0.489. The van der Waals surface area contributed by atoms with E-state index in [0.717, 1.165) is 5.52 Å². The van der Waals surface area contributed by atoms with E-state index in [4.69, 9.17) is 16.9 Å². The molecule has 2 aromatic carbocycles. The standard InChI is InChI=1S/C15H9ClFN3/c1-20-13-4-2-3-10(8-18)14(13)19-15(20)9-5-6-11(16)12(17)7-9/h2-7H,1H3. The summed E-state index contributed by atoms with van der Waals surface area (Å²) < 4.78 is 15.4. The fourth-order valence-corrected chi connectivity index (χ4v) is 2.32. The van der Waals surface area contributed by atoms with Crippen LogP contribution in [0.2, 0.25) is 5.02 Å². The number of aryl methyl sites for hydroxylation is 1.